The normalized spacial score (nSPS) is 9.73. The van der Waals surface area contributed by atoms with Crippen LogP contribution >= 0.6 is 0 Å². The first kappa shape index (κ1) is 11.0. The van der Waals surface area contributed by atoms with Crippen LogP contribution in [0.15, 0.2) is 6.07 Å². The summed E-state index contributed by atoms with van der Waals surface area (Å²) in [4.78, 5) is 3.07. The van der Waals surface area contributed by atoms with Gasteiger partial charge in [-0.2, -0.15) is 14.9 Å². The van der Waals surface area contributed by atoms with Gasteiger partial charge in [0, 0.05) is 5.56 Å². The van der Waals surface area contributed by atoms with Crippen LogP contribution in [0.25, 0.3) is 0 Å². The van der Waals surface area contributed by atoms with Crippen molar-refractivity contribution >= 4 is 0 Å². The topological polar surface area (TPSA) is 60.5 Å². The van der Waals surface area contributed by atoms with Gasteiger partial charge in [0.15, 0.2) is 0 Å². The molecule has 0 spiro atoms. The van der Waals surface area contributed by atoms with E-state index in [2.05, 4.69) is 4.98 Å². The van der Waals surface area contributed by atoms with Crippen LogP contribution in [0, 0.1) is 28.6 Å². The predicted octanol–water partition coefficient (Wildman–Crippen LogP) is 2.10. The molecule has 1 aromatic heterocycles. The first-order chi connectivity index (χ1) is 7.10. The molecule has 0 saturated heterocycles. The standard InChI is InChI=1S/C9H4F3N3/c10-8(11)6-3-5(1-2-13)7(4-14)15-9(6)12/h3,8H,1H2. The van der Waals surface area contributed by atoms with E-state index in [0.717, 1.165) is 6.07 Å². The van der Waals surface area contributed by atoms with Gasteiger partial charge in [-0.1, -0.05) is 0 Å². The fourth-order valence-corrected chi connectivity index (χ4v) is 1.02. The van der Waals surface area contributed by atoms with E-state index in [1.807, 2.05) is 0 Å². The zero-order valence-electron chi connectivity index (χ0n) is 7.34. The van der Waals surface area contributed by atoms with Crippen LogP contribution in [0.3, 0.4) is 0 Å². The highest BCUT2D eigenvalue weighted by Crippen LogP contribution is 2.23. The van der Waals surface area contributed by atoms with Crippen LogP contribution in [-0.4, -0.2) is 4.98 Å². The molecule has 0 amide bonds. The second-order valence-electron chi connectivity index (χ2n) is 2.62. The molecule has 0 aliphatic heterocycles. The van der Waals surface area contributed by atoms with E-state index in [1.54, 1.807) is 12.1 Å². The lowest BCUT2D eigenvalue weighted by molar-refractivity contribution is 0.145. The molecular weight excluding hydrogens is 207 g/mol. The van der Waals surface area contributed by atoms with E-state index in [4.69, 9.17) is 10.5 Å². The molecule has 0 aromatic carbocycles. The summed E-state index contributed by atoms with van der Waals surface area (Å²) in [7, 11) is 0. The molecule has 0 aliphatic carbocycles. The zero-order chi connectivity index (χ0) is 11.4. The number of alkyl halides is 2. The summed E-state index contributed by atoms with van der Waals surface area (Å²) in [6, 6.07) is 4.03. The molecule has 0 unspecified atom stereocenters. The van der Waals surface area contributed by atoms with Crippen molar-refractivity contribution in [3.05, 3.63) is 28.8 Å². The molecule has 3 nitrogen and oxygen atoms in total. The maximum atomic E-state index is 12.9. The Kier molecular flexibility index (Phi) is 3.25. The summed E-state index contributed by atoms with van der Waals surface area (Å²) in [5.41, 5.74) is -1.21. The van der Waals surface area contributed by atoms with Gasteiger partial charge in [-0.05, 0) is 6.07 Å². The minimum atomic E-state index is -3.01. The summed E-state index contributed by atoms with van der Waals surface area (Å²) in [5, 5.41) is 16.9. The number of nitrogens with zero attached hydrogens (tertiary/aromatic N) is 3. The maximum Gasteiger partial charge on any atom is 0.268 e. The Balaban J connectivity index is 3.33. The van der Waals surface area contributed by atoms with Gasteiger partial charge in [0.25, 0.3) is 6.43 Å². The molecule has 0 atom stereocenters. The SMILES string of the molecule is N#CCc1cc(C(F)F)c(F)nc1C#N. The average molecular weight is 211 g/mol. The Morgan fingerprint density at radius 1 is 1.40 bits per heavy atom. The Bertz CT molecular complexity index is 457. The molecular formula is C9H4F3N3. The van der Waals surface area contributed by atoms with Crippen molar-refractivity contribution in [1.82, 2.24) is 4.98 Å². The van der Waals surface area contributed by atoms with E-state index in [0.29, 0.717) is 0 Å². The minimum Gasteiger partial charge on any atom is -0.208 e. The van der Waals surface area contributed by atoms with Gasteiger partial charge in [0.1, 0.15) is 11.8 Å². The van der Waals surface area contributed by atoms with E-state index < -0.39 is 17.9 Å². The van der Waals surface area contributed by atoms with Gasteiger partial charge < -0.3 is 0 Å². The molecule has 1 rings (SSSR count). The smallest absolute Gasteiger partial charge is 0.208 e. The van der Waals surface area contributed by atoms with Crippen LogP contribution in [0.4, 0.5) is 13.2 Å². The summed E-state index contributed by atoms with van der Waals surface area (Å²) in [6.45, 7) is 0. The minimum absolute atomic E-state index is 0.0108. The number of hydrogen-bond donors (Lipinski definition) is 0. The maximum absolute atomic E-state index is 12.9. The van der Waals surface area contributed by atoms with Crippen LogP contribution in [0.2, 0.25) is 0 Å². The Hall–Kier alpha value is -2.08. The lowest BCUT2D eigenvalue weighted by Gasteiger charge is -2.04. The number of aromatic nitrogens is 1. The average Bonchev–Trinajstić information content (AvgIpc) is 2.20. The number of rotatable bonds is 2. The molecule has 0 aliphatic rings. The van der Waals surface area contributed by atoms with Gasteiger partial charge in [0.2, 0.25) is 5.95 Å². The number of hydrogen-bond acceptors (Lipinski definition) is 3. The van der Waals surface area contributed by atoms with Crippen molar-refractivity contribution in [1.29, 1.82) is 10.5 Å². The second-order valence-corrected chi connectivity index (χ2v) is 2.62. The van der Waals surface area contributed by atoms with Crippen molar-refractivity contribution in [2.75, 3.05) is 0 Å². The lowest BCUT2D eigenvalue weighted by Crippen LogP contribution is -2.02. The monoisotopic (exact) mass is 211 g/mol. The first-order valence-electron chi connectivity index (χ1n) is 3.84. The van der Waals surface area contributed by atoms with Crippen molar-refractivity contribution in [3.63, 3.8) is 0 Å². The predicted molar refractivity (Wildman–Crippen MR) is 43.2 cm³/mol. The highest BCUT2D eigenvalue weighted by Gasteiger charge is 2.18. The van der Waals surface area contributed by atoms with Crippen LogP contribution in [0.5, 0.6) is 0 Å². The van der Waals surface area contributed by atoms with Gasteiger partial charge >= 0.3 is 0 Å². The third-order valence-corrected chi connectivity index (χ3v) is 1.69. The highest BCUT2D eigenvalue weighted by molar-refractivity contribution is 5.36. The molecule has 0 fully saturated rings. The van der Waals surface area contributed by atoms with Gasteiger partial charge in [-0.3, -0.25) is 0 Å². The molecule has 76 valence electrons. The fraction of sp³-hybridized carbons (Fsp3) is 0.222. The van der Waals surface area contributed by atoms with Gasteiger partial charge in [-0.15, -0.1) is 0 Å². The molecule has 0 N–H and O–H groups in total. The quantitative estimate of drug-likeness (QED) is 0.703. The van der Waals surface area contributed by atoms with Crippen LogP contribution < -0.4 is 0 Å². The number of pyridine rings is 1. The van der Waals surface area contributed by atoms with Crippen molar-refractivity contribution in [2.24, 2.45) is 0 Å². The third kappa shape index (κ3) is 2.23. The summed E-state index contributed by atoms with van der Waals surface area (Å²) >= 11 is 0. The van der Waals surface area contributed by atoms with Crippen LogP contribution in [-0.2, 0) is 6.42 Å². The van der Waals surface area contributed by atoms with Crippen LogP contribution in [0.1, 0.15) is 23.2 Å². The zero-order valence-corrected chi connectivity index (χ0v) is 7.34. The van der Waals surface area contributed by atoms with Crippen molar-refractivity contribution < 1.29 is 13.2 Å². The third-order valence-electron chi connectivity index (χ3n) is 1.69. The highest BCUT2D eigenvalue weighted by atomic mass is 19.3. The van der Waals surface area contributed by atoms with Crippen molar-refractivity contribution in [2.45, 2.75) is 12.8 Å². The number of halogens is 3. The molecule has 1 heterocycles. The van der Waals surface area contributed by atoms with E-state index in [9.17, 15) is 13.2 Å². The van der Waals surface area contributed by atoms with Crippen molar-refractivity contribution in [3.8, 4) is 12.1 Å². The first-order valence-corrected chi connectivity index (χ1v) is 3.84. The number of nitriles is 2. The summed E-state index contributed by atoms with van der Waals surface area (Å²) in [5.74, 6) is -1.37. The largest absolute Gasteiger partial charge is 0.268 e. The van der Waals surface area contributed by atoms with E-state index >= 15 is 0 Å². The lowest BCUT2D eigenvalue weighted by atomic mass is 10.1. The van der Waals surface area contributed by atoms with Gasteiger partial charge in [0.05, 0.1) is 18.1 Å². The summed E-state index contributed by atoms with van der Waals surface area (Å²) < 4.78 is 37.4. The molecule has 0 saturated carbocycles. The molecule has 0 bridgehead atoms. The van der Waals surface area contributed by atoms with E-state index in [-0.39, 0.29) is 17.7 Å². The van der Waals surface area contributed by atoms with E-state index in [1.165, 1.54) is 0 Å². The Morgan fingerprint density at radius 2 is 2.07 bits per heavy atom. The molecule has 1 aromatic rings. The molecule has 15 heavy (non-hydrogen) atoms. The molecule has 0 radical (unpaired) electrons. The van der Waals surface area contributed by atoms with Gasteiger partial charge in [-0.25, -0.2) is 13.8 Å². The molecule has 6 heteroatoms. The fourth-order valence-electron chi connectivity index (χ4n) is 1.02. The summed E-state index contributed by atoms with van der Waals surface area (Å²) in [6.07, 6.45) is -3.27. The second kappa shape index (κ2) is 4.43. The Morgan fingerprint density at radius 3 is 2.53 bits per heavy atom. The Labute approximate surface area is 83.4 Å².